The van der Waals surface area contributed by atoms with Crippen molar-refractivity contribution in [1.82, 2.24) is 5.32 Å². The lowest BCUT2D eigenvalue weighted by molar-refractivity contribution is -0.137. The van der Waals surface area contributed by atoms with Crippen LogP contribution in [0.4, 0.5) is 22.0 Å². The van der Waals surface area contributed by atoms with Crippen molar-refractivity contribution in [2.75, 3.05) is 6.61 Å². The van der Waals surface area contributed by atoms with Gasteiger partial charge in [-0.25, -0.2) is 8.78 Å². The van der Waals surface area contributed by atoms with Crippen molar-refractivity contribution < 1.29 is 31.5 Å². The van der Waals surface area contributed by atoms with Crippen LogP contribution in [-0.4, -0.2) is 12.5 Å². The Bertz CT molecular complexity index is 899. The van der Waals surface area contributed by atoms with Crippen molar-refractivity contribution in [2.45, 2.75) is 33.0 Å². The molecule has 0 aliphatic rings. The summed E-state index contributed by atoms with van der Waals surface area (Å²) in [5.41, 5.74) is -0.440. The number of halogens is 5. The van der Waals surface area contributed by atoms with Gasteiger partial charge in [0.2, 0.25) is 5.91 Å². The molecule has 8 heteroatoms. The molecule has 0 saturated heterocycles. The summed E-state index contributed by atoms with van der Waals surface area (Å²) in [7, 11) is 0. The summed E-state index contributed by atoms with van der Waals surface area (Å²) < 4.78 is 71.1. The van der Waals surface area contributed by atoms with Crippen LogP contribution in [0.5, 0.6) is 5.75 Å². The molecule has 0 spiro atoms. The molecule has 0 radical (unpaired) electrons. The van der Waals surface area contributed by atoms with Gasteiger partial charge >= 0.3 is 6.18 Å². The van der Waals surface area contributed by atoms with Gasteiger partial charge in [0.15, 0.2) is 0 Å². The van der Waals surface area contributed by atoms with E-state index in [0.29, 0.717) is 0 Å². The van der Waals surface area contributed by atoms with E-state index in [0.717, 1.165) is 30.3 Å². The Morgan fingerprint density at radius 1 is 1.17 bits per heavy atom. The number of carbonyl (C=O) groups is 1. The first-order chi connectivity index (χ1) is 13.5. The topological polar surface area (TPSA) is 38.3 Å². The van der Waals surface area contributed by atoms with Gasteiger partial charge in [-0.3, -0.25) is 4.79 Å². The Hall–Kier alpha value is -2.90. The van der Waals surface area contributed by atoms with Crippen molar-refractivity contribution in [3.05, 3.63) is 70.3 Å². The van der Waals surface area contributed by atoms with Crippen LogP contribution in [0.2, 0.25) is 0 Å². The molecular weight excluding hydrogens is 393 g/mol. The smallest absolute Gasteiger partial charge is 0.416 e. The molecular formula is C21H20F5NO2. The number of hydrogen-bond acceptors (Lipinski definition) is 2. The lowest BCUT2D eigenvalue weighted by Crippen LogP contribution is -2.25. The zero-order valence-corrected chi connectivity index (χ0v) is 16.0. The highest BCUT2D eigenvalue weighted by atomic mass is 19.4. The highest BCUT2D eigenvalue weighted by Gasteiger charge is 2.31. The average Bonchev–Trinajstić information content (AvgIpc) is 2.64. The second kappa shape index (κ2) is 9.07. The lowest BCUT2D eigenvalue weighted by Gasteiger charge is -2.14. The highest BCUT2D eigenvalue weighted by molar-refractivity contribution is 5.92. The van der Waals surface area contributed by atoms with Crippen molar-refractivity contribution in [1.29, 1.82) is 0 Å². The van der Waals surface area contributed by atoms with Gasteiger partial charge in [0, 0.05) is 17.2 Å². The van der Waals surface area contributed by atoms with Gasteiger partial charge in [0.05, 0.1) is 18.2 Å². The quantitative estimate of drug-likeness (QED) is 0.496. The van der Waals surface area contributed by atoms with Gasteiger partial charge in [-0.1, -0.05) is 6.07 Å². The van der Waals surface area contributed by atoms with E-state index in [4.69, 9.17) is 4.74 Å². The Morgan fingerprint density at radius 2 is 1.79 bits per heavy atom. The Kier molecular flexibility index (Phi) is 7.00. The van der Waals surface area contributed by atoms with Crippen molar-refractivity contribution in [3.8, 4) is 5.75 Å². The van der Waals surface area contributed by atoms with Gasteiger partial charge in [-0.2, -0.15) is 13.2 Å². The molecule has 1 N–H and O–H groups in total. The van der Waals surface area contributed by atoms with Crippen molar-refractivity contribution in [2.24, 2.45) is 0 Å². The molecule has 0 bridgehead atoms. The molecule has 0 saturated carbocycles. The second-order valence-corrected chi connectivity index (χ2v) is 6.36. The molecule has 1 atom stereocenters. The maximum atomic E-state index is 13.7. The van der Waals surface area contributed by atoms with Crippen LogP contribution in [-0.2, 0) is 11.0 Å². The molecule has 0 aromatic heterocycles. The lowest BCUT2D eigenvalue weighted by atomic mass is 10.1. The number of ether oxygens (including phenoxy) is 1. The van der Waals surface area contributed by atoms with Gasteiger partial charge in [0.25, 0.3) is 0 Å². The Labute approximate surface area is 165 Å². The first kappa shape index (κ1) is 22.4. The predicted molar refractivity (Wildman–Crippen MR) is 99.3 cm³/mol. The van der Waals surface area contributed by atoms with Crippen molar-refractivity contribution >= 4 is 12.0 Å². The second-order valence-electron chi connectivity index (χ2n) is 6.36. The van der Waals surface area contributed by atoms with Gasteiger partial charge in [0.1, 0.15) is 17.4 Å². The third-order valence-corrected chi connectivity index (χ3v) is 4.22. The number of amides is 1. The molecule has 0 heterocycles. The Morgan fingerprint density at radius 3 is 2.34 bits per heavy atom. The van der Waals surface area contributed by atoms with E-state index in [1.165, 1.54) is 19.1 Å². The summed E-state index contributed by atoms with van der Waals surface area (Å²) in [5.74, 6) is -2.03. The molecule has 29 heavy (non-hydrogen) atoms. The Balaban J connectivity index is 2.16. The van der Waals surface area contributed by atoms with E-state index < -0.39 is 35.3 Å². The summed E-state index contributed by atoms with van der Waals surface area (Å²) >= 11 is 0. The van der Waals surface area contributed by atoms with Gasteiger partial charge in [-0.15, -0.1) is 0 Å². The minimum Gasteiger partial charge on any atom is -0.493 e. The number of benzene rings is 2. The minimum absolute atomic E-state index is 0.0119. The monoisotopic (exact) mass is 413 g/mol. The van der Waals surface area contributed by atoms with Crippen LogP contribution in [0, 0.1) is 18.6 Å². The zero-order chi connectivity index (χ0) is 21.8. The van der Waals surface area contributed by atoms with Crippen LogP contribution in [0.3, 0.4) is 0 Å². The number of alkyl halides is 3. The summed E-state index contributed by atoms with van der Waals surface area (Å²) in [6, 6.07) is 4.54. The maximum Gasteiger partial charge on any atom is 0.416 e. The third-order valence-electron chi connectivity index (χ3n) is 4.22. The molecule has 1 amide bonds. The van der Waals surface area contributed by atoms with Gasteiger partial charge in [-0.05, 0) is 56.7 Å². The minimum atomic E-state index is -4.51. The number of rotatable bonds is 6. The fraction of sp³-hybridized carbons (Fsp3) is 0.286. The van der Waals surface area contributed by atoms with E-state index in [9.17, 15) is 26.7 Å². The number of nitrogens with one attached hydrogen (secondary N) is 1. The molecule has 0 unspecified atom stereocenters. The summed E-state index contributed by atoms with van der Waals surface area (Å²) in [5, 5.41) is 2.55. The predicted octanol–water partition coefficient (Wildman–Crippen LogP) is 5.58. The SMILES string of the molecule is CCOc1cc(C(F)(F)F)ccc1/C=C/C(=O)N[C@H](C)c1cc(F)c(C)c(F)c1. The summed E-state index contributed by atoms with van der Waals surface area (Å²) in [4.78, 5) is 12.1. The zero-order valence-electron chi connectivity index (χ0n) is 16.0. The summed E-state index contributed by atoms with van der Waals surface area (Å²) in [6.45, 7) is 4.64. The van der Waals surface area contributed by atoms with Crippen LogP contribution in [0.1, 0.15) is 42.1 Å². The van der Waals surface area contributed by atoms with E-state index in [1.54, 1.807) is 13.8 Å². The fourth-order valence-electron chi connectivity index (χ4n) is 2.55. The largest absolute Gasteiger partial charge is 0.493 e. The van der Waals surface area contributed by atoms with E-state index in [2.05, 4.69) is 5.32 Å². The van der Waals surface area contributed by atoms with Crippen LogP contribution in [0.15, 0.2) is 36.4 Å². The fourth-order valence-corrected chi connectivity index (χ4v) is 2.55. The first-order valence-corrected chi connectivity index (χ1v) is 8.81. The van der Waals surface area contributed by atoms with Gasteiger partial charge < -0.3 is 10.1 Å². The molecule has 2 aromatic rings. The van der Waals surface area contributed by atoms with Crippen molar-refractivity contribution in [3.63, 3.8) is 0 Å². The molecule has 156 valence electrons. The molecule has 3 nitrogen and oxygen atoms in total. The maximum absolute atomic E-state index is 13.7. The summed E-state index contributed by atoms with van der Waals surface area (Å²) in [6.07, 6.45) is -2.09. The molecule has 0 aliphatic carbocycles. The number of carbonyl (C=O) groups excluding carboxylic acids is 1. The van der Waals surface area contributed by atoms with Crippen LogP contribution < -0.4 is 10.1 Å². The van der Waals surface area contributed by atoms with E-state index >= 15 is 0 Å². The molecule has 2 aromatic carbocycles. The molecule has 2 rings (SSSR count). The van der Waals surface area contributed by atoms with Crippen LogP contribution >= 0.6 is 0 Å². The third kappa shape index (κ3) is 5.79. The van der Waals surface area contributed by atoms with Crippen LogP contribution in [0.25, 0.3) is 6.08 Å². The molecule has 0 fully saturated rings. The standard InChI is InChI=1S/C21H20F5NO2/c1-4-29-19-11-16(21(24,25)26)7-5-14(19)6-8-20(28)27-13(3)15-9-17(22)12(2)18(23)10-15/h5-11,13H,4H2,1-3H3,(H,27,28)/b8-6+/t13-/m1/s1. The number of hydrogen-bond donors (Lipinski definition) is 1. The molecule has 0 aliphatic heterocycles. The highest BCUT2D eigenvalue weighted by Crippen LogP contribution is 2.33. The normalized spacial score (nSPS) is 12.8. The first-order valence-electron chi connectivity index (χ1n) is 8.81. The van der Waals surface area contributed by atoms with E-state index in [1.807, 2.05) is 0 Å². The van der Waals surface area contributed by atoms with E-state index in [-0.39, 0.29) is 29.0 Å². The average molecular weight is 413 g/mol.